The van der Waals surface area contributed by atoms with Gasteiger partial charge in [-0.2, -0.15) is 23.3 Å². The van der Waals surface area contributed by atoms with Crippen molar-refractivity contribution in [3.63, 3.8) is 0 Å². The molecule has 2 aromatic carbocycles. The number of hydrogen-bond acceptors (Lipinski definition) is 7. The highest BCUT2D eigenvalue weighted by atomic mass is 19.4. The standard InChI is InChI=1S/C24H21F3N6O3/c25-24(26,27)22-30-19(33-36-22)16-7-4-8-17(13-16)20(34)28-14-23(9-11-35-12-10-23)21-29-18(31-32-21)15-5-2-1-3-6-15/h1-8,13H,9-12,14H2,(H,28,34)(H,29,31,32). The zero-order chi connectivity index (χ0) is 25.2. The van der Waals surface area contributed by atoms with Crippen molar-refractivity contribution in [3.05, 3.63) is 71.9 Å². The van der Waals surface area contributed by atoms with Crippen molar-refractivity contribution in [1.29, 1.82) is 0 Å². The van der Waals surface area contributed by atoms with Gasteiger partial charge in [-0.25, -0.2) is 4.98 Å². The predicted octanol–water partition coefficient (Wildman–Crippen LogP) is 4.02. The second-order valence-electron chi connectivity index (χ2n) is 8.45. The average molecular weight is 498 g/mol. The van der Waals surface area contributed by atoms with Crippen molar-refractivity contribution in [2.45, 2.75) is 24.4 Å². The van der Waals surface area contributed by atoms with E-state index in [9.17, 15) is 18.0 Å². The van der Waals surface area contributed by atoms with Crippen molar-refractivity contribution in [2.75, 3.05) is 19.8 Å². The molecule has 4 aromatic rings. The van der Waals surface area contributed by atoms with Crippen molar-refractivity contribution in [1.82, 2.24) is 30.6 Å². The monoisotopic (exact) mass is 498 g/mol. The Balaban J connectivity index is 1.34. The van der Waals surface area contributed by atoms with Gasteiger partial charge in [0.05, 0.1) is 5.41 Å². The van der Waals surface area contributed by atoms with E-state index in [1.807, 2.05) is 30.3 Å². The fourth-order valence-electron chi connectivity index (χ4n) is 4.08. The number of ether oxygens (including phenoxy) is 1. The summed E-state index contributed by atoms with van der Waals surface area (Å²) in [7, 11) is 0. The molecule has 0 aliphatic carbocycles. The molecule has 0 atom stereocenters. The van der Waals surface area contributed by atoms with Crippen LogP contribution in [0.1, 0.15) is 34.9 Å². The van der Waals surface area contributed by atoms with Crippen LogP contribution in [0.3, 0.4) is 0 Å². The first-order valence-electron chi connectivity index (χ1n) is 11.2. The van der Waals surface area contributed by atoms with Crippen molar-refractivity contribution < 1.29 is 27.2 Å². The Kier molecular flexibility index (Phi) is 6.27. The summed E-state index contributed by atoms with van der Waals surface area (Å²) in [5.74, 6) is -0.882. The first-order chi connectivity index (χ1) is 17.3. The third-order valence-corrected chi connectivity index (χ3v) is 6.11. The number of benzene rings is 2. The number of nitrogens with one attached hydrogen (secondary N) is 2. The molecule has 1 aliphatic heterocycles. The number of carbonyl (C=O) groups is 1. The molecule has 12 heteroatoms. The molecule has 1 amide bonds. The number of carbonyl (C=O) groups excluding carboxylic acids is 1. The van der Waals surface area contributed by atoms with Crippen LogP contribution in [-0.2, 0) is 16.3 Å². The third kappa shape index (κ3) is 4.85. The highest BCUT2D eigenvalue weighted by Crippen LogP contribution is 2.33. The highest BCUT2D eigenvalue weighted by Gasteiger charge is 2.39. The first kappa shape index (κ1) is 23.7. The molecular weight excluding hydrogens is 477 g/mol. The Bertz CT molecular complexity index is 1350. The van der Waals surface area contributed by atoms with E-state index < -0.39 is 23.4 Å². The lowest BCUT2D eigenvalue weighted by Crippen LogP contribution is -2.45. The predicted molar refractivity (Wildman–Crippen MR) is 121 cm³/mol. The number of aromatic amines is 1. The van der Waals surface area contributed by atoms with Gasteiger partial charge in [0.2, 0.25) is 5.82 Å². The molecule has 1 aliphatic rings. The maximum atomic E-state index is 13.0. The van der Waals surface area contributed by atoms with Gasteiger partial charge in [0.1, 0.15) is 5.82 Å². The fourth-order valence-corrected chi connectivity index (χ4v) is 4.08. The van der Waals surface area contributed by atoms with Gasteiger partial charge in [-0.3, -0.25) is 9.89 Å². The molecule has 2 N–H and O–H groups in total. The number of halogens is 3. The van der Waals surface area contributed by atoms with E-state index in [2.05, 4.69) is 30.2 Å². The summed E-state index contributed by atoms with van der Waals surface area (Å²) in [5, 5.41) is 13.7. The summed E-state index contributed by atoms with van der Waals surface area (Å²) in [6, 6.07) is 15.6. The minimum absolute atomic E-state index is 0.227. The van der Waals surface area contributed by atoms with Crippen LogP contribution >= 0.6 is 0 Å². The van der Waals surface area contributed by atoms with Gasteiger partial charge in [0, 0.05) is 36.4 Å². The summed E-state index contributed by atoms with van der Waals surface area (Å²) in [4.78, 5) is 21.1. The van der Waals surface area contributed by atoms with Gasteiger partial charge in [-0.1, -0.05) is 47.6 Å². The molecule has 5 rings (SSSR count). The zero-order valence-corrected chi connectivity index (χ0v) is 18.9. The molecule has 1 fully saturated rings. The number of alkyl halides is 3. The van der Waals surface area contributed by atoms with Crippen LogP contribution in [0.2, 0.25) is 0 Å². The summed E-state index contributed by atoms with van der Waals surface area (Å²) in [6.45, 7) is 1.28. The Morgan fingerprint density at radius 1 is 1.00 bits per heavy atom. The van der Waals surface area contributed by atoms with Gasteiger partial charge >= 0.3 is 12.1 Å². The quantitative estimate of drug-likeness (QED) is 0.412. The number of hydrogen-bond donors (Lipinski definition) is 2. The lowest BCUT2D eigenvalue weighted by Gasteiger charge is -2.35. The van der Waals surface area contributed by atoms with E-state index in [0.29, 0.717) is 37.7 Å². The first-order valence-corrected chi connectivity index (χ1v) is 11.2. The number of rotatable bonds is 6. The Hall–Kier alpha value is -4.06. The summed E-state index contributed by atoms with van der Waals surface area (Å²) >= 11 is 0. The molecule has 186 valence electrons. The molecule has 0 spiro atoms. The van der Waals surface area contributed by atoms with E-state index in [-0.39, 0.29) is 23.5 Å². The van der Waals surface area contributed by atoms with Crippen molar-refractivity contribution in [3.8, 4) is 22.8 Å². The fraction of sp³-hybridized carbons (Fsp3) is 0.292. The van der Waals surface area contributed by atoms with E-state index >= 15 is 0 Å². The van der Waals surface area contributed by atoms with Crippen molar-refractivity contribution in [2.24, 2.45) is 0 Å². The van der Waals surface area contributed by atoms with Gasteiger partial charge in [0.25, 0.3) is 5.91 Å². The minimum atomic E-state index is -4.75. The van der Waals surface area contributed by atoms with Crippen molar-refractivity contribution >= 4 is 5.91 Å². The Morgan fingerprint density at radius 2 is 1.75 bits per heavy atom. The maximum Gasteiger partial charge on any atom is 0.471 e. The van der Waals surface area contributed by atoms with E-state index in [1.165, 1.54) is 12.1 Å². The van der Waals surface area contributed by atoms with Gasteiger partial charge in [-0.05, 0) is 25.0 Å². The van der Waals surface area contributed by atoms with E-state index in [4.69, 9.17) is 9.72 Å². The minimum Gasteiger partial charge on any atom is -0.381 e. The molecule has 3 heterocycles. The number of amides is 1. The Labute approximate surface area is 203 Å². The van der Waals surface area contributed by atoms with Crippen LogP contribution < -0.4 is 5.32 Å². The average Bonchev–Trinajstić information content (AvgIpc) is 3.60. The summed E-state index contributed by atoms with van der Waals surface area (Å²) in [6.07, 6.45) is -3.50. The summed E-state index contributed by atoms with van der Waals surface area (Å²) < 4.78 is 48.2. The second kappa shape index (κ2) is 9.53. The van der Waals surface area contributed by atoms with Crippen LogP contribution in [0.5, 0.6) is 0 Å². The number of nitrogens with zero attached hydrogens (tertiary/aromatic N) is 4. The smallest absolute Gasteiger partial charge is 0.381 e. The van der Waals surface area contributed by atoms with Gasteiger partial charge in [-0.15, -0.1) is 0 Å². The molecule has 0 radical (unpaired) electrons. The van der Waals surface area contributed by atoms with Crippen LogP contribution in [0.4, 0.5) is 13.2 Å². The highest BCUT2D eigenvalue weighted by molar-refractivity contribution is 5.95. The van der Waals surface area contributed by atoms with E-state index in [0.717, 1.165) is 5.56 Å². The molecule has 0 saturated carbocycles. The molecule has 1 saturated heterocycles. The van der Waals surface area contributed by atoms with Crippen LogP contribution in [-0.4, -0.2) is 51.0 Å². The zero-order valence-electron chi connectivity index (χ0n) is 18.9. The second-order valence-corrected chi connectivity index (χ2v) is 8.45. The van der Waals surface area contributed by atoms with Crippen LogP contribution in [0.25, 0.3) is 22.8 Å². The molecule has 9 nitrogen and oxygen atoms in total. The van der Waals surface area contributed by atoms with Crippen LogP contribution in [0.15, 0.2) is 59.1 Å². The number of aromatic nitrogens is 5. The maximum absolute atomic E-state index is 13.0. The lowest BCUT2D eigenvalue weighted by molar-refractivity contribution is -0.159. The van der Waals surface area contributed by atoms with Gasteiger partial charge in [0.15, 0.2) is 5.82 Å². The molecule has 0 bridgehead atoms. The number of H-pyrrole nitrogens is 1. The SMILES string of the molecule is O=C(NCC1(c2nc(-c3ccccc3)n[nH]2)CCOCC1)c1cccc(-c2noc(C(F)(F)F)n2)c1. The summed E-state index contributed by atoms with van der Waals surface area (Å²) in [5.41, 5.74) is 0.833. The molecule has 2 aromatic heterocycles. The van der Waals surface area contributed by atoms with Crippen LogP contribution in [0, 0.1) is 0 Å². The third-order valence-electron chi connectivity index (χ3n) is 6.11. The molecular formula is C24H21F3N6O3. The Morgan fingerprint density at radius 3 is 2.47 bits per heavy atom. The van der Waals surface area contributed by atoms with E-state index in [1.54, 1.807) is 12.1 Å². The normalized spacial score (nSPS) is 15.5. The lowest BCUT2D eigenvalue weighted by atomic mass is 9.79. The topological polar surface area (TPSA) is 119 Å². The largest absolute Gasteiger partial charge is 0.471 e. The molecule has 0 unspecified atom stereocenters. The van der Waals surface area contributed by atoms with Gasteiger partial charge < -0.3 is 14.6 Å². The molecule has 36 heavy (non-hydrogen) atoms.